The number of aromatic hydroxyl groups is 1. The van der Waals surface area contributed by atoms with Crippen molar-refractivity contribution in [1.29, 1.82) is 0 Å². The minimum absolute atomic E-state index is 0.0202. The van der Waals surface area contributed by atoms with Gasteiger partial charge in [0.1, 0.15) is 5.82 Å². The normalized spacial score (nSPS) is 11.7. The minimum atomic E-state index is -0.420. The number of hydrogen-bond donors (Lipinski definition) is 3. The third-order valence-electron chi connectivity index (χ3n) is 5.21. The Morgan fingerprint density at radius 1 is 0.697 bits per heavy atom. The highest BCUT2D eigenvalue weighted by Crippen LogP contribution is 2.24. The molecular formula is C26H30N4O3. The first-order valence-corrected chi connectivity index (χ1v) is 10.7. The van der Waals surface area contributed by atoms with E-state index in [2.05, 4.69) is 62.1 Å². The fraction of sp³-hybridized carbons (Fsp3) is 0.308. The summed E-state index contributed by atoms with van der Waals surface area (Å²) < 4.78 is 0. The Kier molecular flexibility index (Phi) is 6.53. The first-order valence-electron chi connectivity index (χ1n) is 10.7. The van der Waals surface area contributed by atoms with Gasteiger partial charge in [-0.15, -0.1) is 0 Å². The van der Waals surface area contributed by atoms with Crippen LogP contribution in [0.3, 0.4) is 0 Å². The smallest absolute Gasteiger partial charge is 0.258 e. The van der Waals surface area contributed by atoms with E-state index < -0.39 is 5.91 Å². The van der Waals surface area contributed by atoms with Gasteiger partial charge in [-0.3, -0.25) is 14.9 Å². The van der Waals surface area contributed by atoms with Crippen molar-refractivity contribution in [3.63, 3.8) is 0 Å². The Morgan fingerprint density at radius 2 is 1.12 bits per heavy atom. The molecule has 0 saturated heterocycles. The first-order chi connectivity index (χ1) is 15.3. The zero-order valence-electron chi connectivity index (χ0n) is 19.9. The summed E-state index contributed by atoms with van der Waals surface area (Å²) in [6.45, 7) is 12.6. The highest BCUT2D eigenvalue weighted by atomic mass is 16.3. The van der Waals surface area contributed by atoms with Crippen LogP contribution in [-0.4, -0.2) is 26.9 Å². The number of rotatable bonds is 4. The van der Waals surface area contributed by atoms with Gasteiger partial charge in [-0.05, 0) is 46.2 Å². The van der Waals surface area contributed by atoms with Crippen LogP contribution in [0.5, 0.6) is 5.88 Å². The molecule has 0 spiro atoms. The van der Waals surface area contributed by atoms with Gasteiger partial charge in [0.05, 0.1) is 0 Å². The number of aromatic nitrogens is 2. The molecule has 7 heteroatoms. The summed E-state index contributed by atoms with van der Waals surface area (Å²) in [4.78, 5) is 33.2. The Morgan fingerprint density at radius 3 is 1.55 bits per heavy atom. The molecule has 0 aliphatic heterocycles. The van der Waals surface area contributed by atoms with E-state index in [0.29, 0.717) is 11.1 Å². The molecule has 0 fully saturated rings. The van der Waals surface area contributed by atoms with Gasteiger partial charge in [0.15, 0.2) is 0 Å². The third kappa shape index (κ3) is 6.16. The highest BCUT2D eigenvalue weighted by Gasteiger charge is 2.17. The molecule has 33 heavy (non-hydrogen) atoms. The topological polar surface area (TPSA) is 104 Å². The first kappa shape index (κ1) is 23.9. The van der Waals surface area contributed by atoms with Crippen LogP contribution in [0.15, 0.2) is 54.6 Å². The number of nitrogens with one attached hydrogen (secondary N) is 2. The Bertz CT molecular complexity index is 1070. The number of carbonyl (C=O) groups is 2. The molecule has 0 aliphatic carbocycles. The number of amides is 2. The second kappa shape index (κ2) is 9.02. The maximum atomic E-state index is 12.6. The zero-order chi connectivity index (χ0) is 24.4. The van der Waals surface area contributed by atoms with Crippen molar-refractivity contribution in [3.8, 4) is 5.88 Å². The van der Waals surface area contributed by atoms with Gasteiger partial charge >= 0.3 is 0 Å². The molecule has 3 rings (SSSR count). The van der Waals surface area contributed by atoms with Crippen LogP contribution in [0.1, 0.15) is 73.4 Å². The van der Waals surface area contributed by atoms with Crippen molar-refractivity contribution in [1.82, 2.24) is 9.97 Å². The van der Waals surface area contributed by atoms with Gasteiger partial charge in [-0.25, -0.2) is 0 Å². The molecule has 3 aromatic rings. The number of anilines is 2. The summed E-state index contributed by atoms with van der Waals surface area (Å²) in [5.41, 5.74) is 3.05. The van der Waals surface area contributed by atoms with E-state index in [1.54, 1.807) is 24.3 Å². The van der Waals surface area contributed by atoms with Gasteiger partial charge in [0.2, 0.25) is 11.8 Å². The van der Waals surface area contributed by atoms with E-state index in [4.69, 9.17) is 0 Å². The highest BCUT2D eigenvalue weighted by molar-refractivity contribution is 6.05. The zero-order valence-corrected chi connectivity index (χ0v) is 19.9. The van der Waals surface area contributed by atoms with Crippen LogP contribution in [0.25, 0.3) is 0 Å². The van der Waals surface area contributed by atoms with Crippen molar-refractivity contribution in [3.05, 3.63) is 76.9 Å². The van der Waals surface area contributed by atoms with E-state index >= 15 is 0 Å². The van der Waals surface area contributed by atoms with E-state index in [0.717, 1.165) is 11.1 Å². The molecule has 2 amide bonds. The second-order valence-corrected chi connectivity index (χ2v) is 10.00. The van der Waals surface area contributed by atoms with Crippen LogP contribution in [-0.2, 0) is 10.8 Å². The number of nitrogens with zero attached hydrogens (tertiary/aromatic N) is 2. The van der Waals surface area contributed by atoms with Gasteiger partial charge in [0.25, 0.3) is 11.8 Å². The van der Waals surface area contributed by atoms with E-state index in [1.807, 2.05) is 24.3 Å². The van der Waals surface area contributed by atoms with Crippen molar-refractivity contribution in [2.24, 2.45) is 0 Å². The van der Waals surface area contributed by atoms with Gasteiger partial charge in [-0.1, -0.05) is 65.8 Å². The average Bonchev–Trinajstić information content (AvgIpc) is 2.72. The van der Waals surface area contributed by atoms with Gasteiger partial charge < -0.3 is 10.4 Å². The summed E-state index contributed by atoms with van der Waals surface area (Å²) in [6.07, 6.45) is 0. The number of hydrogen-bond acceptors (Lipinski definition) is 5. The largest absolute Gasteiger partial charge is 0.493 e. The molecule has 1 aromatic heterocycles. The van der Waals surface area contributed by atoms with Crippen molar-refractivity contribution in [2.75, 3.05) is 10.6 Å². The lowest BCUT2D eigenvalue weighted by Gasteiger charge is -2.19. The lowest BCUT2D eigenvalue weighted by atomic mass is 9.86. The Balaban J connectivity index is 1.72. The quantitative estimate of drug-likeness (QED) is 0.506. The monoisotopic (exact) mass is 446 g/mol. The predicted octanol–water partition coefficient (Wildman–Crippen LogP) is 5.28. The molecule has 0 bridgehead atoms. The average molecular weight is 447 g/mol. The Labute approximate surface area is 194 Å². The Hall–Kier alpha value is -3.74. The summed E-state index contributed by atoms with van der Waals surface area (Å²) >= 11 is 0. The van der Waals surface area contributed by atoms with Crippen LogP contribution in [0.2, 0.25) is 0 Å². The van der Waals surface area contributed by atoms with E-state index in [-0.39, 0.29) is 34.4 Å². The van der Waals surface area contributed by atoms with Gasteiger partial charge in [-0.2, -0.15) is 9.97 Å². The van der Waals surface area contributed by atoms with Gasteiger partial charge in [0, 0.05) is 17.2 Å². The molecular weight excluding hydrogens is 416 g/mol. The molecule has 172 valence electrons. The molecule has 7 nitrogen and oxygen atoms in total. The molecule has 0 saturated carbocycles. The number of carbonyl (C=O) groups excluding carboxylic acids is 2. The SMILES string of the molecule is CC(C)(C)c1ccc(C(=O)Nc2cc(O)nc(NC(=O)c3ccc(C(C)(C)C)cc3)n2)cc1. The fourth-order valence-electron chi connectivity index (χ4n) is 3.16. The predicted molar refractivity (Wildman–Crippen MR) is 130 cm³/mol. The van der Waals surface area contributed by atoms with E-state index in [9.17, 15) is 14.7 Å². The summed E-state index contributed by atoms with van der Waals surface area (Å²) in [5.74, 6) is -1.22. The summed E-state index contributed by atoms with van der Waals surface area (Å²) in [7, 11) is 0. The standard InChI is InChI=1S/C26H30N4O3/c1-25(2,3)18-11-7-16(8-12-18)22(32)27-20-15-21(31)29-24(28-20)30-23(33)17-9-13-19(14-10-17)26(4,5)6/h7-15H,1-6H3,(H3,27,28,29,30,31,32,33). The molecule has 1 heterocycles. The minimum Gasteiger partial charge on any atom is -0.493 e. The molecule has 0 unspecified atom stereocenters. The lowest BCUT2D eigenvalue weighted by Crippen LogP contribution is -2.18. The molecule has 0 radical (unpaired) electrons. The summed E-state index contributed by atoms with van der Waals surface area (Å²) in [5, 5.41) is 15.2. The maximum absolute atomic E-state index is 12.6. The molecule has 0 aliphatic rings. The maximum Gasteiger partial charge on any atom is 0.258 e. The summed E-state index contributed by atoms with van der Waals surface area (Å²) in [6, 6.07) is 15.7. The van der Waals surface area contributed by atoms with Crippen LogP contribution >= 0.6 is 0 Å². The molecule has 0 atom stereocenters. The van der Waals surface area contributed by atoms with E-state index in [1.165, 1.54) is 6.07 Å². The third-order valence-corrected chi connectivity index (χ3v) is 5.21. The van der Waals surface area contributed by atoms with Crippen LogP contribution in [0, 0.1) is 0 Å². The van der Waals surface area contributed by atoms with Crippen molar-refractivity contribution < 1.29 is 14.7 Å². The second-order valence-electron chi connectivity index (χ2n) is 10.00. The molecule has 3 N–H and O–H groups in total. The van der Waals surface area contributed by atoms with Crippen LogP contribution in [0.4, 0.5) is 11.8 Å². The molecule has 2 aromatic carbocycles. The lowest BCUT2D eigenvalue weighted by molar-refractivity contribution is 0.101. The fourth-order valence-corrected chi connectivity index (χ4v) is 3.16. The number of benzene rings is 2. The van der Waals surface area contributed by atoms with Crippen LogP contribution < -0.4 is 10.6 Å². The van der Waals surface area contributed by atoms with Crippen molar-refractivity contribution >= 4 is 23.6 Å². The van der Waals surface area contributed by atoms with Crippen molar-refractivity contribution in [2.45, 2.75) is 52.4 Å².